The Morgan fingerprint density at radius 2 is 2.39 bits per heavy atom. The van der Waals surface area contributed by atoms with Crippen LogP contribution in [-0.4, -0.2) is 43.4 Å². The van der Waals surface area contributed by atoms with Crippen LogP contribution in [0.3, 0.4) is 0 Å². The van der Waals surface area contributed by atoms with E-state index in [0.717, 1.165) is 16.3 Å². The van der Waals surface area contributed by atoms with Gasteiger partial charge in [0, 0.05) is 6.20 Å². The molecule has 0 saturated carbocycles. The number of nitrogens with zero attached hydrogens (tertiary/aromatic N) is 2. The van der Waals surface area contributed by atoms with Crippen LogP contribution >= 0.6 is 11.8 Å². The molecule has 18 heavy (non-hydrogen) atoms. The van der Waals surface area contributed by atoms with E-state index in [1.807, 2.05) is 0 Å². The third-order valence-corrected chi connectivity index (χ3v) is 4.70. The van der Waals surface area contributed by atoms with E-state index in [4.69, 9.17) is 10.8 Å². The first kappa shape index (κ1) is 13.3. The topological polar surface area (TPSA) is 101 Å². The summed E-state index contributed by atoms with van der Waals surface area (Å²) in [5, 5.41) is 17.2. The van der Waals surface area contributed by atoms with Crippen LogP contribution in [0.25, 0.3) is 0 Å². The van der Waals surface area contributed by atoms with Gasteiger partial charge >= 0.3 is 5.69 Å². The van der Waals surface area contributed by atoms with Crippen LogP contribution in [0.2, 0.25) is 0 Å². The zero-order valence-electron chi connectivity index (χ0n) is 9.65. The Labute approximate surface area is 107 Å². The molecule has 1 fully saturated rings. The maximum atomic E-state index is 14.5. The van der Waals surface area contributed by atoms with E-state index < -0.39 is 28.1 Å². The molecule has 0 spiro atoms. The van der Waals surface area contributed by atoms with Gasteiger partial charge in [-0.2, -0.15) is 4.98 Å². The van der Waals surface area contributed by atoms with E-state index >= 15 is 0 Å². The first-order chi connectivity index (χ1) is 8.37. The molecule has 0 bridgehead atoms. The molecule has 0 unspecified atom stereocenters. The maximum Gasteiger partial charge on any atom is 0.350 e. The molecule has 2 heterocycles. The Morgan fingerprint density at radius 1 is 1.72 bits per heavy atom. The van der Waals surface area contributed by atoms with Gasteiger partial charge in [0.1, 0.15) is 17.3 Å². The number of alkyl halides is 1. The summed E-state index contributed by atoms with van der Waals surface area (Å²) in [6, 6.07) is 1.39. The first-order valence-electron chi connectivity index (χ1n) is 5.36. The molecular formula is C10H14FN3O3S. The number of aliphatic hydroxyl groups excluding tert-OH is 2. The molecule has 0 aromatic carbocycles. The number of hydrogen-bond donors (Lipinski definition) is 3. The molecule has 1 aliphatic heterocycles. The smallest absolute Gasteiger partial charge is 0.350 e. The van der Waals surface area contributed by atoms with Gasteiger partial charge in [0.15, 0.2) is 5.67 Å². The summed E-state index contributed by atoms with van der Waals surface area (Å²) >= 11 is 1.01. The fourth-order valence-corrected chi connectivity index (χ4v) is 3.50. The van der Waals surface area contributed by atoms with Gasteiger partial charge in [-0.05, 0) is 13.0 Å². The second-order valence-corrected chi connectivity index (χ2v) is 5.67. The van der Waals surface area contributed by atoms with E-state index in [1.54, 1.807) is 0 Å². The fourth-order valence-electron chi connectivity index (χ4n) is 1.97. The third-order valence-electron chi connectivity index (χ3n) is 3.00. The summed E-state index contributed by atoms with van der Waals surface area (Å²) < 4.78 is 15.6. The van der Waals surface area contributed by atoms with Crippen LogP contribution < -0.4 is 11.4 Å². The number of halogens is 1. The Balaban J connectivity index is 2.42. The lowest BCUT2D eigenvalue weighted by molar-refractivity contribution is -0.00605. The summed E-state index contributed by atoms with van der Waals surface area (Å²) in [5.74, 6) is 0.0547. The van der Waals surface area contributed by atoms with Crippen molar-refractivity contribution in [2.75, 3.05) is 12.3 Å². The number of thioether (sulfide) groups is 1. The van der Waals surface area contributed by atoms with Crippen molar-refractivity contribution in [2.24, 2.45) is 0 Å². The highest BCUT2D eigenvalue weighted by Crippen LogP contribution is 2.50. The van der Waals surface area contributed by atoms with Gasteiger partial charge in [0.2, 0.25) is 0 Å². The van der Waals surface area contributed by atoms with Crippen molar-refractivity contribution < 1.29 is 14.6 Å². The molecule has 1 aliphatic rings. The van der Waals surface area contributed by atoms with Gasteiger partial charge in [-0.3, -0.25) is 4.57 Å². The highest BCUT2D eigenvalue weighted by molar-refractivity contribution is 8.00. The van der Waals surface area contributed by atoms with Crippen molar-refractivity contribution in [1.29, 1.82) is 0 Å². The van der Waals surface area contributed by atoms with Gasteiger partial charge in [-0.25, -0.2) is 9.18 Å². The minimum atomic E-state index is -2.03. The largest absolute Gasteiger partial charge is 0.395 e. The quantitative estimate of drug-likeness (QED) is 0.674. The number of hydrogen-bond acceptors (Lipinski definition) is 6. The van der Waals surface area contributed by atoms with E-state index in [-0.39, 0.29) is 12.4 Å². The number of rotatable bonds is 2. The molecule has 1 aromatic heterocycles. The first-order valence-corrected chi connectivity index (χ1v) is 6.30. The van der Waals surface area contributed by atoms with Crippen molar-refractivity contribution in [1.82, 2.24) is 9.55 Å². The molecule has 6 nitrogen and oxygen atoms in total. The standard InChI is InChI=1S/C10H14FN3O3S/c1-10(11)7(16)5(4-15)18-8(10)14-3-2-6(12)13-9(14)17/h2-3,5,7-8,15-16H,4H2,1H3,(H2,12,13,17)/t5-,7-,8+,10-/m1/s1. The Kier molecular flexibility index (Phi) is 3.35. The van der Waals surface area contributed by atoms with Crippen molar-refractivity contribution in [2.45, 2.75) is 29.3 Å². The van der Waals surface area contributed by atoms with Gasteiger partial charge in [0.05, 0.1) is 11.9 Å². The highest BCUT2D eigenvalue weighted by Gasteiger charge is 2.54. The average Bonchev–Trinajstić information content (AvgIpc) is 2.52. The van der Waals surface area contributed by atoms with Crippen LogP contribution in [0.15, 0.2) is 17.1 Å². The zero-order valence-corrected chi connectivity index (χ0v) is 10.5. The molecule has 2 rings (SSSR count). The number of aliphatic hydroxyl groups is 2. The molecule has 100 valence electrons. The molecule has 1 aromatic rings. The molecule has 8 heteroatoms. The van der Waals surface area contributed by atoms with Crippen molar-refractivity contribution in [3.05, 3.63) is 22.7 Å². The van der Waals surface area contributed by atoms with Gasteiger partial charge in [-0.15, -0.1) is 11.8 Å². The normalized spacial score (nSPS) is 35.9. The molecule has 0 radical (unpaired) electrons. The molecular weight excluding hydrogens is 261 g/mol. The SMILES string of the molecule is C[C@@]1(F)[C@H](O)[C@@H](CO)S[C@@H]1n1ccc(N)nc1=O. The summed E-state index contributed by atoms with van der Waals surface area (Å²) in [5.41, 5.74) is 2.65. The Morgan fingerprint density at radius 3 is 2.89 bits per heavy atom. The van der Waals surface area contributed by atoms with Crippen LogP contribution in [0.4, 0.5) is 10.2 Å². The summed E-state index contributed by atoms with van der Waals surface area (Å²) in [6.07, 6.45) is -0.00550. The van der Waals surface area contributed by atoms with E-state index in [9.17, 15) is 14.3 Å². The fraction of sp³-hybridized carbons (Fsp3) is 0.600. The zero-order chi connectivity index (χ0) is 13.5. The third kappa shape index (κ3) is 2.00. The second kappa shape index (κ2) is 4.52. The Bertz CT molecular complexity index is 507. The van der Waals surface area contributed by atoms with E-state index in [2.05, 4.69) is 4.98 Å². The number of nitrogen functional groups attached to an aromatic ring is 1. The lowest BCUT2D eigenvalue weighted by Crippen LogP contribution is -2.42. The maximum absolute atomic E-state index is 14.5. The van der Waals surface area contributed by atoms with Crippen LogP contribution in [0, 0.1) is 0 Å². The molecule has 1 saturated heterocycles. The number of aromatic nitrogens is 2. The Hall–Kier alpha value is -1.12. The van der Waals surface area contributed by atoms with Gasteiger partial charge in [0.25, 0.3) is 0 Å². The van der Waals surface area contributed by atoms with Crippen LogP contribution in [0.5, 0.6) is 0 Å². The minimum absolute atomic E-state index is 0.0547. The van der Waals surface area contributed by atoms with Crippen LogP contribution in [0.1, 0.15) is 12.3 Å². The minimum Gasteiger partial charge on any atom is -0.395 e. The summed E-state index contributed by atoms with van der Waals surface area (Å²) in [6.45, 7) is 0.840. The second-order valence-electron chi connectivity index (χ2n) is 4.35. The lowest BCUT2D eigenvalue weighted by Gasteiger charge is -2.26. The van der Waals surface area contributed by atoms with E-state index in [0.29, 0.717) is 0 Å². The lowest BCUT2D eigenvalue weighted by atomic mass is 9.98. The molecule has 4 atom stereocenters. The average molecular weight is 275 g/mol. The van der Waals surface area contributed by atoms with Gasteiger partial charge < -0.3 is 15.9 Å². The molecule has 0 amide bonds. The molecule has 0 aliphatic carbocycles. The predicted octanol–water partition coefficient (Wildman–Crippen LogP) is -0.479. The summed E-state index contributed by atoms with van der Waals surface area (Å²) in [7, 11) is 0. The van der Waals surface area contributed by atoms with Crippen molar-refractivity contribution in [3.8, 4) is 0 Å². The molecule has 4 N–H and O–H groups in total. The number of anilines is 1. The van der Waals surface area contributed by atoms with E-state index in [1.165, 1.54) is 19.2 Å². The van der Waals surface area contributed by atoms with Crippen LogP contribution in [-0.2, 0) is 0 Å². The van der Waals surface area contributed by atoms with Crippen molar-refractivity contribution >= 4 is 17.6 Å². The number of nitrogens with two attached hydrogens (primary N) is 1. The van der Waals surface area contributed by atoms with Gasteiger partial charge in [-0.1, -0.05) is 0 Å². The predicted molar refractivity (Wildman–Crippen MR) is 65.9 cm³/mol. The van der Waals surface area contributed by atoms with Crippen molar-refractivity contribution in [3.63, 3.8) is 0 Å². The summed E-state index contributed by atoms with van der Waals surface area (Å²) in [4.78, 5) is 15.2. The monoisotopic (exact) mass is 275 g/mol. The highest BCUT2D eigenvalue weighted by atomic mass is 32.2.